The monoisotopic (exact) mass is 281 g/mol. The van der Waals surface area contributed by atoms with Crippen molar-refractivity contribution in [1.82, 2.24) is 0 Å². The van der Waals surface area contributed by atoms with E-state index in [0.717, 1.165) is 11.0 Å². The van der Waals surface area contributed by atoms with Gasteiger partial charge >= 0.3 is 0 Å². The van der Waals surface area contributed by atoms with Crippen LogP contribution in [0.2, 0.25) is 0 Å². The van der Waals surface area contributed by atoms with E-state index in [1.165, 1.54) is 47.5 Å². The summed E-state index contributed by atoms with van der Waals surface area (Å²) < 4.78 is 0. The molecule has 100 valence electrons. The van der Waals surface area contributed by atoms with Crippen molar-refractivity contribution in [1.29, 1.82) is 0 Å². The smallest absolute Gasteiger partial charge is 0.0200 e. The van der Waals surface area contributed by atoms with E-state index >= 15 is 0 Å². The lowest BCUT2D eigenvalue weighted by atomic mass is 10.0. The van der Waals surface area contributed by atoms with Crippen LogP contribution in [0, 0.1) is 0 Å². The fraction of sp³-hybridized carbons (Fsp3) is 0.600. The van der Waals surface area contributed by atoms with Crippen molar-refractivity contribution >= 4 is 23.5 Å². The van der Waals surface area contributed by atoms with Gasteiger partial charge in [0, 0.05) is 21.6 Å². The Morgan fingerprint density at radius 1 is 1.17 bits per heavy atom. The Balaban J connectivity index is 2.12. The standard InChI is InChI=1S/C15H23NS2/c1-2-17-14-9-6-10-15(13(14)11-16)18-12-7-4-3-5-8-12/h6,9-10,12H,2-5,7-8,11,16H2,1H3. The van der Waals surface area contributed by atoms with Gasteiger partial charge in [-0.1, -0.05) is 32.3 Å². The average Bonchev–Trinajstić information content (AvgIpc) is 2.41. The quantitative estimate of drug-likeness (QED) is 0.793. The van der Waals surface area contributed by atoms with E-state index in [-0.39, 0.29) is 0 Å². The SMILES string of the molecule is CCSc1cccc(SC2CCCCC2)c1CN. The summed E-state index contributed by atoms with van der Waals surface area (Å²) in [6.45, 7) is 2.87. The van der Waals surface area contributed by atoms with Gasteiger partial charge in [-0.15, -0.1) is 23.5 Å². The molecule has 0 amide bonds. The first-order chi connectivity index (χ1) is 8.85. The average molecular weight is 281 g/mol. The first kappa shape index (κ1) is 14.3. The number of rotatable bonds is 5. The van der Waals surface area contributed by atoms with Gasteiger partial charge in [0.25, 0.3) is 0 Å². The van der Waals surface area contributed by atoms with Gasteiger partial charge in [0.15, 0.2) is 0 Å². The van der Waals surface area contributed by atoms with Gasteiger partial charge in [-0.25, -0.2) is 0 Å². The van der Waals surface area contributed by atoms with Crippen LogP contribution >= 0.6 is 23.5 Å². The van der Waals surface area contributed by atoms with E-state index in [1.54, 1.807) is 0 Å². The van der Waals surface area contributed by atoms with Gasteiger partial charge in [0.05, 0.1) is 0 Å². The summed E-state index contributed by atoms with van der Waals surface area (Å²) in [5.74, 6) is 1.12. The summed E-state index contributed by atoms with van der Waals surface area (Å²) in [7, 11) is 0. The minimum atomic E-state index is 0.665. The van der Waals surface area contributed by atoms with E-state index in [1.807, 2.05) is 11.8 Å². The highest BCUT2D eigenvalue weighted by atomic mass is 32.2. The lowest BCUT2D eigenvalue weighted by Gasteiger charge is -2.22. The Morgan fingerprint density at radius 3 is 2.56 bits per heavy atom. The Morgan fingerprint density at radius 2 is 1.89 bits per heavy atom. The number of hydrogen-bond donors (Lipinski definition) is 1. The van der Waals surface area contributed by atoms with Crippen LogP contribution in [0.4, 0.5) is 0 Å². The highest BCUT2D eigenvalue weighted by Crippen LogP contribution is 2.37. The van der Waals surface area contributed by atoms with Crippen LogP contribution in [0.25, 0.3) is 0 Å². The van der Waals surface area contributed by atoms with Gasteiger partial charge in [-0.3, -0.25) is 0 Å². The van der Waals surface area contributed by atoms with Gasteiger partial charge in [0.2, 0.25) is 0 Å². The van der Waals surface area contributed by atoms with Crippen molar-refractivity contribution in [2.24, 2.45) is 5.73 Å². The van der Waals surface area contributed by atoms with Gasteiger partial charge in [-0.05, 0) is 36.3 Å². The topological polar surface area (TPSA) is 26.0 Å². The predicted octanol–water partition coefficient (Wildman–Crippen LogP) is 4.68. The molecule has 0 radical (unpaired) electrons. The highest BCUT2D eigenvalue weighted by Gasteiger charge is 2.17. The van der Waals surface area contributed by atoms with Crippen molar-refractivity contribution in [3.8, 4) is 0 Å². The van der Waals surface area contributed by atoms with E-state index in [4.69, 9.17) is 5.73 Å². The minimum Gasteiger partial charge on any atom is -0.326 e. The molecule has 1 saturated carbocycles. The third kappa shape index (κ3) is 3.69. The summed E-state index contributed by atoms with van der Waals surface area (Å²) in [6, 6.07) is 6.64. The van der Waals surface area contributed by atoms with Crippen molar-refractivity contribution in [3.63, 3.8) is 0 Å². The van der Waals surface area contributed by atoms with E-state index in [0.29, 0.717) is 6.54 Å². The Labute approximate surface area is 119 Å². The molecule has 1 aromatic carbocycles. The maximum absolute atomic E-state index is 5.96. The summed E-state index contributed by atoms with van der Waals surface area (Å²) in [4.78, 5) is 2.80. The zero-order valence-corrected chi connectivity index (χ0v) is 12.8. The summed E-state index contributed by atoms with van der Waals surface area (Å²) >= 11 is 3.97. The zero-order chi connectivity index (χ0) is 12.8. The van der Waals surface area contributed by atoms with E-state index in [9.17, 15) is 0 Å². The predicted molar refractivity (Wildman–Crippen MR) is 83.5 cm³/mol. The second-order valence-electron chi connectivity index (χ2n) is 4.75. The number of benzene rings is 1. The molecule has 1 aliphatic rings. The van der Waals surface area contributed by atoms with Crippen molar-refractivity contribution in [2.75, 3.05) is 5.75 Å². The van der Waals surface area contributed by atoms with Crippen LogP contribution in [-0.2, 0) is 6.54 Å². The third-order valence-electron chi connectivity index (χ3n) is 3.44. The van der Waals surface area contributed by atoms with Crippen molar-refractivity contribution < 1.29 is 0 Å². The fourth-order valence-corrected chi connectivity index (χ4v) is 4.85. The molecule has 0 atom stereocenters. The summed E-state index contributed by atoms with van der Waals surface area (Å²) in [5.41, 5.74) is 7.32. The largest absolute Gasteiger partial charge is 0.326 e. The molecular weight excluding hydrogens is 258 g/mol. The molecule has 1 aliphatic carbocycles. The second-order valence-corrected chi connectivity index (χ2v) is 7.40. The van der Waals surface area contributed by atoms with E-state index in [2.05, 4.69) is 36.9 Å². The molecule has 1 nitrogen and oxygen atoms in total. The third-order valence-corrected chi connectivity index (χ3v) is 5.86. The molecule has 1 aromatic rings. The maximum Gasteiger partial charge on any atom is 0.0200 e. The fourth-order valence-electron chi connectivity index (χ4n) is 2.51. The number of hydrogen-bond acceptors (Lipinski definition) is 3. The van der Waals surface area contributed by atoms with Crippen LogP contribution in [0.3, 0.4) is 0 Å². The van der Waals surface area contributed by atoms with Crippen LogP contribution in [0.15, 0.2) is 28.0 Å². The van der Waals surface area contributed by atoms with Gasteiger partial charge in [-0.2, -0.15) is 0 Å². The first-order valence-corrected chi connectivity index (χ1v) is 8.83. The molecule has 1 fully saturated rings. The lowest BCUT2D eigenvalue weighted by Crippen LogP contribution is -2.09. The van der Waals surface area contributed by atoms with Crippen LogP contribution in [0.5, 0.6) is 0 Å². The van der Waals surface area contributed by atoms with Gasteiger partial charge in [0.1, 0.15) is 0 Å². The normalized spacial score (nSPS) is 17.0. The van der Waals surface area contributed by atoms with Crippen molar-refractivity contribution in [3.05, 3.63) is 23.8 Å². The summed E-state index contributed by atoms with van der Waals surface area (Å²) in [6.07, 6.45) is 6.98. The Kier molecular flexibility index (Phi) is 5.93. The van der Waals surface area contributed by atoms with Crippen LogP contribution < -0.4 is 5.73 Å². The van der Waals surface area contributed by atoms with Crippen LogP contribution in [0.1, 0.15) is 44.6 Å². The maximum atomic E-state index is 5.96. The molecule has 0 unspecified atom stereocenters. The van der Waals surface area contributed by atoms with Crippen LogP contribution in [-0.4, -0.2) is 11.0 Å². The number of nitrogens with two attached hydrogens (primary N) is 1. The molecule has 2 N–H and O–H groups in total. The molecular formula is C15H23NS2. The Bertz CT molecular complexity index is 373. The molecule has 0 heterocycles. The number of thioether (sulfide) groups is 2. The molecule has 18 heavy (non-hydrogen) atoms. The molecule has 0 aliphatic heterocycles. The molecule has 0 aromatic heterocycles. The molecule has 0 saturated heterocycles. The highest BCUT2D eigenvalue weighted by molar-refractivity contribution is 8.00. The molecule has 3 heteroatoms. The van der Waals surface area contributed by atoms with Crippen molar-refractivity contribution in [2.45, 2.75) is 60.6 Å². The minimum absolute atomic E-state index is 0.665. The Hall–Kier alpha value is -0.120. The van der Waals surface area contributed by atoms with E-state index < -0.39 is 0 Å². The zero-order valence-electron chi connectivity index (χ0n) is 11.2. The lowest BCUT2D eigenvalue weighted by molar-refractivity contribution is 0.516. The molecule has 0 bridgehead atoms. The second kappa shape index (κ2) is 7.46. The molecule has 2 rings (SSSR count). The van der Waals surface area contributed by atoms with Gasteiger partial charge < -0.3 is 5.73 Å². The summed E-state index contributed by atoms with van der Waals surface area (Å²) in [5, 5.41) is 0.811. The molecule has 0 spiro atoms. The first-order valence-electron chi connectivity index (χ1n) is 6.96.